The minimum absolute atomic E-state index is 0.0316. The number of rotatable bonds is 1. The predicted octanol–water partition coefficient (Wildman–Crippen LogP) is 3.03. The summed E-state index contributed by atoms with van der Waals surface area (Å²) in [5.74, 6) is -0.0588. The van der Waals surface area contributed by atoms with Gasteiger partial charge >= 0.3 is 0 Å². The standard InChI is InChI=1S/C19H17BrN2O2/c20-15-6-3-5-14(10-15)19(24)21-11-17-16-7-2-1-4-13(16)8-9-22(17)18(23)12-21/h1-7,10,17H,8-9,11-12H2/t17-/m0/s1. The first-order valence-corrected chi connectivity index (χ1v) is 8.85. The van der Waals surface area contributed by atoms with Crippen molar-refractivity contribution in [3.63, 3.8) is 0 Å². The molecule has 0 spiro atoms. The fourth-order valence-electron chi connectivity index (χ4n) is 3.63. The van der Waals surface area contributed by atoms with E-state index in [0.717, 1.165) is 17.4 Å². The van der Waals surface area contributed by atoms with E-state index in [1.54, 1.807) is 17.0 Å². The zero-order valence-corrected chi connectivity index (χ0v) is 14.7. The van der Waals surface area contributed by atoms with E-state index in [1.165, 1.54) is 11.1 Å². The van der Waals surface area contributed by atoms with Gasteiger partial charge in [-0.2, -0.15) is 0 Å². The quantitative estimate of drug-likeness (QED) is 0.757. The molecular formula is C19H17BrN2O2. The first kappa shape index (κ1) is 15.4. The molecule has 2 aromatic rings. The summed E-state index contributed by atoms with van der Waals surface area (Å²) in [6, 6.07) is 15.5. The Morgan fingerprint density at radius 2 is 1.96 bits per heavy atom. The Hall–Kier alpha value is -2.14. The van der Waals surface area contributed by atoms with Crippen LogP contribution >= 0.6 is 15.9 Å². The van der Waals surface area contributed by atoms with Crippen molar-refractivity contribution < 1.29 is 9.59 Å². The van der Waals surface area contributed by atoms with Crippen molar-refractivity contribution >= 4 is 27.7 Å². The molecule has 1 fully saturated rings. The molecule has 0 aromatic heterocycles. The van der Waals surface area contributed by atoms with Crippen molar-refractivity contribution in [3.8, 4) is 0 Å². The van der Waals surface area contributed by atoms with E-state index in [0.29, 0.717) is 12.1 Å². The number of halogens is 1. The Morgan fingerprint density at radius 3 is 2.79 bits per heavy atom. The van der Waals surface area contributed by atoms with Gasteiger partial charge in [0.15, 0.2) is 0 Å². The second-order valence-electron chi connectivity index (χ2n) is 6.25. The molecule has 0 aliphatic carbocycles. The average molecular weight is 385 g/mol. The molecular weight excluding hydrogens is 368 g/mol. The Bertz CT molecular complexity index is 821. The van der Waals surface area contributed by atoms with Gasteiger partial charge in [0.25, 0.3) is 5.91 Å². The molecule has 2 aliphatic rings. The maximum atomic E-state index is 12.8. The van der Waals surface area contributed by atoms with Gasteiger partial charge in [0.1, 0.15) is 6.54 Å². The van der Waals surface area contributed by atoms with Crippen LogP contribution in [-0.4, -0.2) is 41.2 Å². The smallest absolute Gasteiger partial charge is 0.254 e. The minimum Gasteiger partial charge on any atom is -0.332 e. The van der Waals surface area contributed by atoms with Crippen LogP contribution in [0.1, 0.15) is 27.5 Å². The van der Waals surface area contributed by atoms with Crippen molar-refractivity contribution in [2.45, 2.75) is 12.5 Å². The highest BCUT2D eigenvalue weighted by atomic mass is 79.9. The molecule has 4 rings (SSSR count). The van der Waals surface area contributed by atoms with Crippen molar-refractivity contribution in [1.29, 1.82) is 0 Å². The van der Waals surface area contributed by atoms with Crippen molar-refractivity contribution in [1.82, 2.24) is 9.80 Å². The SMILES string of the molecule is O=C(c1cccc(Br)c1)N1CC(=O)N2CCc3ccccc3[C@@H]2C1. The first-order chi connectivity index (χ1) is 11.6. The zero-order valence-electron chi connectivity index (χ0n) is 13.1. The highest BCUT2D eigenvalue weighted by Gasteiger charge is 2.38. The maximum absolute atomic E-state index is 12.8. The van der Waals surface area contributed by atoms with Crippen LogP contribution in [0.2, 0.25) is 0 Å². The molecule has 0 radical (unpaired) electrons. The molecule has 2 amide bonds. The molecule has 0 unspecified atom stereocenters. The minimum atomic E-state index is -0.0904. The molecule has 0 bridgehead atoms. The number of hydrogen-bond acceptors (Lipinski definition) is 2. The monoisotopic (exact) mass is 384 g/mol. The Balaban J connectivity index is 1.65. The lowest BCUT2D eigenvalue weighted by Gasteiger charge is -2.44. The average Bonchev–Trinajstić information content (AvgIpc) is 2.61. The largest absolute Gasteiger partial charge is 0.332 e. The molecule has 2 aromatic carbocycles. The van der Waals surface area contributed by atoms with Gasteiger partial charge in [-0.05, 0) is 35.7 Å². The van der Waals surface area contributed by atoms with Crippen LogP contribution in [0.5, 0.6) is 0 Å². The van der Waals surface area contributed by atoms with Gasteiger partial charge in [-0.3, -0.25) is 9.59 Å². The van der Waals surface area contributed by atoms with Gasteiger partial charge in [-0.15, -0.1) is 0 Å². The highest BCUT2D eigenvalue weighted by molar-refractivity contribution is 9.10. The molecule has 24 heavy (non-hydrogen) atoms. The molecule has 1 saturated heterocycles. The number of benzene rings is 2. The van der Waals surface area contributed by atoms with E-state index in [1.807, 2.05) is 29.2 Å². The third kappa shape index (κ3) is 2.63. The van der Waals surface area contributed by atoms with E-state index in [9.17, 15) is 9.59 Å². The highest BCUT2D eigenvalue weighted by Crippen LogP contribution is 2.33. The van der Waals surface area contributed by atoms with E-state index in [2.05, 4.69) is 28.1 Å². The molecule has 5 heteroatoms. The number of carbonyl (C=O) groups excluding carboxylic acids is 2. The molecule has 0 N–H and O–H groups in total. The summed E-state index contributed by atoms with van der Waals surface area (Å²) < 4.78 is 0.862. The normalized spacial score (nSPS) is 19.7. The van der Waals surface area contributed by atoms with Gasteiger partial charge in [-0.1, -0.05) is 46.3 Å². The molecule has 2 heterocycles. The van der Waals surface area contributed by atoms with Gasteiger partial charge < -0.3 is 9.80 Å². The third-order valence-electron chi connectivity index (χ3n) is 4.81. The number of piperazine rings is 1. The van der Waals surface area contributed by atoms with Crippen LogP contribution in [0.15, 0.2) is 53.0 Å². The lowest BCUT2D eigenvalue weighted by atomic mass is 9.90. The summed E-state index contributed by atoms with van der Waals surface area (Å²) in [6.07, 6.45) is 0.887. The van der Waals surface area contributed by atoms with Crippen LogP contribution in [0.25, 0.3) is 0 Å². The van der Waals surface area contributed by atoms with E-state index < -0.39 is 0 Å². The molecule has 1 atom stereocenters. The summed E-state index contributed by atoms with van der Waals surface area (Å²) in [4.78, 5) is 29.0. The van der Waals surface area contributed by atoms with Crippen LogP contribution in [-0.2, 0) is 11.2 Å². The van der Waals surface area contributed by atoms with Crippen molar-refractivity contribution in [2.75, 3.05) is 19.6 Å². The van der Waals surface area contributed by atoms with E-state index in [4.69, 9.17) is 0 Å². The van der Waals surface area contributed by atoms with Gasteiger partial charge in [0.05, 0.1) is 6.04 Å². The number of nitrogens with zero attached hydrogens (tertiary/aromatic N) is 2. The lowest BCUT2D eigenvalue weighted by Crippen LogP contribution is -2.55. The summed E-state index contributed by atoms with van der Waals surface area (Å²) in [7, 11) is 0. The topological polar surface area (TPSA) is 40.6 Å². The lowest BCUT2D eigenvalue weighted by molar-refractivity contribution is -0.139. The van der Waals surface area contributed by atoms with Crippen molar-refractivity contribution in [2.24, 2.45) is 0 Å². The zero-order chi connectivity index (χ0) is 16.7. The fraction of sp³-hybridized carbons (Fsp3) is 0.263. The van der Waals surface area contributed by atoms with E-state index in [-0.39, 0.29) is 24.4 Å². The molecule has 4 nitrogen and oxygen atoms in total. The fourth-order valence-corrected chi connectivity index (χ4v) is 4.03. The number of carbonyl (C=O) groups is 2. The second kappa shape index (κ2) is 6.06. The van der Waals surface area contributed by atoms with E-state index >= 15 is 0 Å². The van der Waals surface area contributed by atoms with Crippen LogP contribution in [0.4, 0.5) is 0 Å². The summed E-state index contributed by atoms with van der Waals surface area (Å²) in [6.45, 7) is 1.44. The summed E-state index contributed by atoms with van der Waals surface area (Å²) >= 11 is 3.40. The summed E-state index contributed by atoms with van der Waals surface area (Å²) in [5, 5.41) is 0. The second-order valence-corrected chi connectivity index (χ2v) is 7.16. The Labute approximate surface area is 149 Å². The first-order valence-electron chi connectivity index (χ1n) is 8.05. The maximum Gasteiger partial charge on any atom is 0.254 e. The number of hydrogen-bond donors (Lipinski definition) is 0. The van der Waals surface area contributed by atoms with Gasteiger partial charge in [-0.25, -0.2) is 0 Å². The predicted molar refractivity (Wildman–Crippen MR) is 94.6 cm³/mol. The van der Waals surface area contributed by atoms with Crippen molar-refractivity contribution in [3.05, 3.63) is 69.7 Å². The van der Waals surface area contributed by atoms with Crippen LogP contribution < -0.4 is 0 Å². The molecule has 122 valence electrons. The van der Waals surface area contributed by atoms with Crippen LogP contribution in [0.3, 0.4) is 0 Å². The summed E-state index contributed by atoms with van der Waals surface area (Å²) in [5.41, 5.74) is 3.06. The molecule has 0 saturated carbocycles. The number of fused-ring (bicyclic) bond motifs is 3. The Kier molecular flexibility index (Phi) is 3.88. The Morgan fingerprint density at radius 1 is 1.12 bits per heavy atom. The van der Waals surface area contributed by atoms with Gasteiger partial charge in [0, 0.05) is 23.1 Å². The third-order valence-corrected chi connectivity index (χ3v) is 5.30. The van der Waals surface area contributed by atoms with Crippen LogP contribution in [0, 0.1) is 0 Å². The number of amides is 2. The molecule has 2 aliphatic heterocycles. The van der Waals surface area contributed by atoms with Gasteiger partial charge in [0.2, 0.25) is 5.91 Å².